The maximum Gasteiger partial charge on any atom is 0.341 e. The highest BCUT2D eigenvalue weighted by molar-refractivity contribution is 5.61. The third-order valence-corrected chi connectivity index (χ3v) is 6.50. The Morgan fingerprint density at radius 3 is 2.42 bits per heavy atom. The molecular weight excluding hydrogens is 480 g/mol. The fourth-order valence-electron chi connectivity index (χ4n) is 4.59. The molecule has 0 N–H and O–H groups in total. The quantitative estimate of drug-likeness (QED) is 0.293. The van der Waals surface area contributed by atoms with Crippen molar-refractivity contribution in [1.29, 1.82) is 0 Å². The Morgan fingerprint density at radius 1 is 0.842 bits per heavy atom. The molecule has 0 aliphatic carbocycles. The van der Waals surface area contributed by atoms with Crippen LogP contribution in [0.15, 0.2) is 95.9 Å². The summed E-state index contributed by atoms with van der Waals surface area (Å²) in [4.78, 5) is 13.6. The van der Waals surface area contributed by atoms with Crippen LogP contribution in [-0.2, 0) is 13.2 Å². The smallest absolute Gasteiger partial charge is 0.341 e. The average Bonchev–Trinajstić information content (AvgIpc) is 2.95. The first kappa shape index (κ1) is 24.9. The van der Waals surface area contributed by atoms with Gasteiger partial charge in [0.05, 0.1) is 26.0 Å². The van der Waals surface area contributed by atoms with Crippen LogP contribution < -0.4 is 29.3 Å². The maximum atomic E-state index is 13.6. The highest BCUT2D eigenvalue weighted by atomic mass is 16.5. The molecule has 7 nitrogen and oxygen atoms in total. The molecule has 5 rings (SSSR count). The number of methoxy groups -OCH3 is 2. The summed E-state index contributed by atoms with van der Waals surface area (Å²) < 4.78 is 20.7. The lowest BCUT2D eigenvalue weighted by atomic mass is 10.1. The standard InChI is InChI=1S/C31H28N2O5/c1-21-30(24-11-13-25(34)14-12-24)32-16-5-4-9-29(32)33(31(21)35)19-22-10-15-27(28(18-22)37-3)38-20-23-7-6-8-26(17-23)36-2/h4-18H,19-20H2,1-3H3. The highest BCUT2D eigenvalue weighted by Gasteiger charge is 2.22. The van der Waals surface area contributed by atoms with Crippen molar-refractivity contribution in [1.82, 2.24) is 4.57 Å². The monoisotopic (exact) mass is 508 g/mol. The molecule has 0 spiro atoms. The van der Waals surface area contributed by atoms with E-state index >= 15 is 0 Å². The van der Waals surface area contributed by atoms with Crippen LogP contribution in [0.3, 0.4) is 0 Å². The Labute approximate surface area is 220 Å². The van der Waals surface area contributed by atoms with E-state index in [1.807, 2.05) is 78.2 Å². The summed E-state index contributed by atoms with van der Waals surface area (Å²) in [5, 5.41) is 11.6. The molecule has 7 heteroatoms. The number of nitrogens with zero attached hydrogens (tertiary/aromatic N) is 2. The molecule has 0 unspecified atom stereocenters. The van der Waals surface area contributed by atoms with Crippen LogP contribution in [0, 0.1) is 6.92 Å². The van der Waals surface area contributed by atoms with Crippen LogP contribution in [0.1, 0.15) is 16.7 Å². The van der Waals surface area contributed by atoms with E-state index < -0.39 is 0 Å². The molecule has 2 aromatic heterocycles. The van der Waals surface area contributed by atoms with Crippen LogP contribution in [0.25, 0.3) is 16.9 Å². The van der Waals surface area contributed by atoms with E-state index in [9.17, 15) is 9.90 Å². The summed E-state index contributed by atoms with van der Waals surface area (Å²) in [6.07, 6.45) is 1.93. The van der Waals surface area contributed by atoms with Crippen molar-refractivity contribution >= 4 is 5.65 Å². The summed E-state index contributed by atoms with van der Waals surface area (Å²) in [7, 11) is 3.23. The van der Waals surface area contributed by atoms with Gasteiger partial charge in [-0.2, -0.15) is 8.97 Å². The summed E-state index contributed by atoms with van der Waals surface area (Å²) in [5.41, 5.74) is 4.68. The molecule has 0 saturated heterocycles. The Kier molecular flexibility index (Phi) is 7.00. The van der Waals surface area contributed by atoms with Gasteiger partial charge in [-0.3, -0.25) is 0 Å². The van der Waals surface area contributed by atoms with E-state index in [1.165, 1.54) is 12.1 Å². The topological polar surface area (TPSA) is 76.8 Å². The number of ether oxygens (including phenoxy) is 3. The molecule has 0 radical (unpaired) electrons. The second kappa shape index (κ2) is 10.7. The number of hydrogen-bond donors (Lipinski definition) is 0. The zero-order valence-corrected chi connectivity index (χ0v) is 21.5. The van der Waals surface area contributed by atoms with E-state index in [1.54, 1.807) is 30.9 Å². The lowest BCUT2D eigenvalue weighted by molar-refractivity contribution is -0.504. The van der Waals surface area contributed by atoms with Crippen molar-refractivity contribution in [2.45, 2.75) is 20.1 Å². The van der Waals surface area contributed by atoms with Crippen LogP contribution in [0.2, 0.25) is 0 Å². The molecule has 2 heterocycles. The first-order valence-electron chi connectivity index (χ1n) is 12.2. The van der Waals surface area contributed by atoms with Crippen molar-refractivity contribution in [3.05, 3.63) is 118 Å². The highest BCUT2D eigenvalue weighted by Crippen LogP contribution is 2.30. The molecule has 0 aliphatic rings. The molecule has 0 saturated carbocycles. The third-order valence-electron chi connectivity index (χ3n) is 6.50. The lowest BCUT2D eigenvalue weighted by Gasteiger charge is -2.14. The SMILES string of the molecule is COc1cccc(COc2ccc(Cn3c(=O)c(C)c(-c4ccc([O-])cc4)[n+]4ccccc34)cc2OC)c1. The maximum absolute atomic E-state index is 13.6. The molecule has 0 fully saturated rings. The molecule has 5 aromatic rings. The van der Waals surface area contributed by atoms with Gasteiger partial charge >= 0.3 is 5.56 Å². The number of benzene rings is 3. The van der Waals surface area contributed by atoms with Crippen LogP contribution in [0.4, 0.5) is 0 Å². The van der Waals surface area contributed by atoms with E-state index in [2.05, 4.69) is 0 Å². The first-order valence-corrected chi connectivity index (χ1v) is 12.2. The molecule has 0 atom stereocenters. The average molecular weight is 509 g/mol. The fraction of sp³-hybridized carbons (Fsp3) is 0.161. The van der Waals surface area contributed by atoms with Crippen molar-refractivity contribution in [3.8, 4) is 34.3 Å². The van der Waals surface area contributed by atoms with Gasteiger partial charge in [-0.25, -0.2) is 4.79 Å². The Hall–Kier alpha value is -4.78. The summed E-state index contributed by atoms with van der Waals surface area (Å²) in [6.45, 7) is 2.52. The molecule has 3 aromatic carbocycles. The van der Waals surface area contributed by atoms with E-state index in [0.29, 0.717) is 30.2 Å². The molecule has 0 aliphatic heterocycles. The fourth-order valence-corrected chi connectivity index (χ4v) is 4.59. The van der Waals surface area contributed by atoms with Crippen LogP contribution in [-0.4, -0.2) is 18.8 Å². The number of aromatic nitrogens is 2. The third kappa shape index (κ3) is 4.91. The predicted octanol–water partition coefficient (Wildman–Crippen LogP) is 4.28. The van der Waals surface area contributed by atoms with E-state index in [4.69, 9.17) is 14.2 Å². The van der Waals surface area contributed by atoms with Gasteiger partial charge in [0.25, 0.3) is 5.65 Å². The van der Waals surface area contributed by atoms with Gasteiger partial charge in [0.1, 0.15) is 18.9 Å². The summed E-state index contributed by atoms with van der Waals surface area (Å²) in [6, 6.07) is 25.7. The molecule has 0 amide bonds. The first-order chi connectivity index (χ1) is 18.5. The largest absolute Gasteiger partial charge is 0.872 e. The van der Waals surface area contributed by atoms with Gasteiger partial charge < -0.3 is 19.3 Å². The van der Waals surface area contributed by atoms with Crippen LogP contribution in [0.5, 0.6) is 23.0 Å². The van der Waals surface area contributed by atoms with Crippen LogP contribution >= 0.6 is 0 Å². The van der Waals surface area contributed by atoms with Crippen molar-refractivity contribution in [2.24, 2.45) is 0 Å². The Bertz CT molecular complexity index is 1660. The zero-order chi connectivity index (χ0) is 26.6. The number of rotatable bonds is 8. The van der Waals surface area contributed by atoms with Crippen molar-refractivity contribution in [3.63, 3.8) is 0 Å². The number of fused-ring (bicyclic) bond motifs is 1. The normalized spacial score (nSPS) is 10.9. The molecular formula is C31H28N2O5. The van der Waals surface area contributed by atoms with Gasteiger partial charge in [-0.15, -0.1) is 5.75 Å². The van der Waals surface area contributed by atoms with Crippen molar-refractivity contribution < 1.29 is 23.7 Å². The predicted molar refractivity (Wildman–Crippen MR) is 143 cm³/mol. The minimum atomic E-state index is -0.102. The number of hydrogen-bond acceptors (Lipinski definition) is 5. The van der Waals surface area contributed by atoms with E-state index in [-0.39, 0.29) is 11.3 Å². The summed E-state index contributed by atoms with van der Waals surface area (Å²) >= 11 is 0. The van der Waals surface area contributed by atoms with Gasteiger partial charge in [0, 0.05) is 11.6 Å². The van der Waals surface area contributed by atoms with Gasteiger partial charge in [-0.1, -0.05) is 48.5 Å². The van der Waals surface area contributed by atoms with E-state index in [0.717, 1.165) is 33.8 Å². The van der Waals surface area contributed by atoms with Gasteiger partial charge in [-0.05, 0) is 48.4 Å². The molecule has 38 heavy (non-hydrogen) atoms. The minimum Gasteiger partial charge on any atom is -0.872 e. The second-order valence-corrected chi connectivity index (χ2v) is 8.94. The second-order valence-electron chi connectivity index (χ2n) is 8.94. The molecule has 192 valence electrons. The Morgan fingerprint density at radius 2 is 1.66 bits per heavy atom. The summed E-state index contributed by atoms with van der Waals surface area (Å²) in [5.74, 6) is 1.90. The molecule has 0 bridgehead atoms. The zero-order valence-electron chi connectivity index (χ0n) is 21.5. The van der Waals surface area contributed by atoms with Gasteiger partial charge in [0.2, 0.25) is 0 Å². The van der Waals surface area contributed by atoms with Crippen molar-refractivity contribution in [2.75, 3.05) is 14.2 Å². The lowest BCUT2D eigenvalue weighted by Crippen LogP contribution is -2.38. The Balaban J connectivity index is 1.48. The minimum absolute atomic E-state index is 0.0704. The number of pyridine rings is 1. The van der Waals surface area contributed by atoms with Gasteiger partial charge in [0.15, 0.2) is 17.2 Å².